The van der Waals surface area contributed by atoms with E-state index in [-0.39, 0.29) is 5.82 Å². The average molecular weight is 180 g/mol. The van der Waals surface area contributed by atoms with E-state index in [1.807, 2.05) is 0 Å². The van der Waals surface area contributed by atoms with Gasteiger partial charge in [-0.15, -0.1) is 0 Å². The molecule has 0 aliphatic carbocycles. The number of aromatic amines is 1. The lowest BCUT2D eigenvalue weighted by Crippen LogP contribution is -1.92. The second-order valence-electron chi connectivity index (χ2n) is 2.96. The quantitative estimate of drug-likeness (QED) is 0.702. The lowest BCUT2D eigenvalue weighted by Gasteiger charge is -1.95. The lowest BCUT2D eigenvalue weighted by atomic mass is 10.3. The van der Waals surface area contributed by atoms with Crippen molar-refractivity contribution in [3.8, 4) is 0 Å². The van der Waals surface area contributed by atoms with E-state index in [0.29, 0.717) is 16.9 Å². The molecule has 0 saturated carbocycles. The molecule has 1 atom stereocenters. The van der Waals surface area contributed by atoms with Gasteiger partial charge in [0.1, 0.15) is 17.7 Å². The maximum atomic E-state index is 12.7. The summed E-state index contributed by atoms with van der Waals surface area (Å²) in [7, 11) is 0. The number of rotatable bonds is 1. The Morgan fingerprint density at radius 2 is 2.31 bits per heavy atom. The molecular weight excluding hydrogens is 171 g/mol. The molecule has 2 N–H and O–H groups in total. The van der Waals surface area contributed by atoms with Gasteiger partial charge >= 0.3 is 0 Å². The van der Waals surface area contributed by atoms with Gasteiger partial charge in [-0.3, -0.25) is 0 Å². The smallest absolute Gasteiger partial charge is 0.135 e. The Labute approximate surface area is 74.2 Å². The molecular formula is C9H9FN2O. The van der Waals surface area contributed by atoms with E-state index in [1.165, 1.54) is 12.1 Å². The minimum atomic E-state index is -0.657. The molecule has 1 heterocycles. The van der Waals surface area contributed by atoms with Crippen molar-refractivity contribution < 1.29 is 9.50 Å². The van der Waals surface area contributed by atoms with Crippen LogP contribution in [-0.4, -0.2) is 15.1 Å². The summed E-state index contributed by atoms with van der Waals surface area (Å²) in [5.41, 5.74) is 1.27. The van der Waals surface area contributed by atoms with Crippen LogP contribution in [0.25, 0.3) is 11.0 Å². The normalized spacial score (nSPS) is 13.5. The second-order valence-corrected chi connectivity index (χ2v) is 2.96. The zero-order valence-electron chi connectivity index (χ0n) is 7.08. The molecule has 4 heteroatoms. The number of imidazole rings is 1. The summed E-state index contributed by atoms with van der Waals surface area (Å²) in [5.74, 6) is 0.147. The van der Waals surface area contributed by atoms with Gasteiger partial charge in [-0.1, -0.05) is 0 Å². The molecule has 1 aromatic carbocycles. The Morgan fingerprint density at radius 3 is 3.00 bits per heavy atom. The van der Waals surface area contributed by atoms with Crippen molar-refractivity contribution in [2.24, 2.45) is 0 Å². The van der Waals surface area contributed by atoms with E-state index in [2.05, 4.69) is 9.97 Å². The predicted molar refractivity (Wildman–Crippen MR) is 46.7 cm³/mol. The highest BCUT2D eigenvalue weighted by Crippen LogP contribution is 2.16. The third-order valence-electron chi connectivity index (χ3n) is 1.86. The Kier molecular flexibility index (Phi) is 1.77. The van der Waals surface area contributed by atoms with Gasteiger partial charge in [-0.05, 0) is 25.1 Å². The van der Waals surface area contributed by atoms with Crippen molar-refractivity contribution in [1.29, 1.82) is 0 Å². The van der Waals surface area contributed by atoms with Crippen molar-refractivity contribution in [3.63, 3.8) is 0 Å². The molecule has 3 nitrogen and oxygen atoms in total. The molecule has 0 amide bonds. The third-order valence-corrected chi connectivity index (χ3v) is 1.86. The Bertz CT molecular complexity index is 436. The van der Waals surface area contributed by atoms with E-state index in [1.54, 1.807) is 13.0 Å². The molecule has 0 unspecified atom stereocenters. The van der Waals surface area contributed by atoms with Gasteiger partial charge in [0.2, 0.25) is 0 Å². The third kappa shape index (κ3) is 1.40. The molecule has 68 valence electrons. The van der Waals surface area contributed by atoms with Gasteiger partial charge in [-0.25, -0.2) is 9.37 Å². The fourth-order valence-corrected chi connectivity index (χ4v) is 1.20. The lowest BCUT2D eigenvalue weighted by molar-refractivity contribution is 0.190. The molecule has 0 aliphatic rings. The number of nitrogens with zero attached hydrogens (tertiary/aromatic N) is 1. The molecule has 0 bridgehead atoms. The molecule has 0 spiro atoms. The molecule has 0 fully saturated rings. The number of fused-ring (bicyclic) bond motifs is 1. The van der Waals surface area contributed by atoms with Gasteiger partial charge in [-0.2, -0.15) is 0 Å². The summed E-state index contributed by atoms with van der Waals surface area (Å²) in [6, 6.07) is 4.27. The van der Waals surface area contributed by atoms with Crippen LogP contribution in [0.3, 0.4) is 0 Å². The molecule has 1 aromatic heterocycles. The summed E-state index contributed by atoms with van der Waals surface area (Å²) >= 11 is 0. The van der Waals surface area contributed by atoms with Gasteiger partial charge in [0, 0.05) is 0 Å². The van der Waals surface area contributed by atoms with E-state index < -0.39 is 6.10 Å². The first kappa shape index (κ1) is 8.19. The number of H-pyrrole nitrogens is 1. The summed E-state index contributed by atoms with van der Waals surface area (Å²) in [4.78, 5) is 6.92. The Balaban J connectivity index is 2.62. The van der Waals surface area contributed by atoms with E-state index >= 15 is 0 Å². The SMILES string of the molecule is C[C@@H](O)c1nc2ccc(F)cc2[nH]1. The molecule has 2 rings (SSSR count). The van der Waals surface area contributed by atoms with Crippen molar-refractivity contribution in [3.05, 3.63) is 29.8 Å². The second kappa shape index (κ2) is 2.81. The van der Waals surface area contributed by atoms with E-state index in [0.717, 1.165) is 0 Å². The number of aliphatic hydroxyl groups is 1. The van der Waals surface area contributed by atoms with Crippen LogP contribution in [0.4, 0.5) is 4.39 Å². The highest BCUT2D eigenvalue weighted by atomic mass is 19.1. The first-order chi connectivity index (χ1) is 6.16. The van der Waals surface area contributed by atoms with E-state index in [9.17, 15) is 9.50 Å². The van der Waals surface area contributed by atoms with Crippen LogP contribution in [0.5, 0.6) is 0 Å². The Morgan fingerprint density at radius 1 is 1.54 bits per heavy atom. The first-order valence-corrected chi connectivity index (χ1v) is 4.00. The molecule has 2 aromatic rings. The number of hydrogen-bond acceptors (Lipinski definition) is 2. The van der Waals surface area contributed by atoms with Crippen LogP contribution >= 0.6 is 0 Å². The van der Waals surface area contributed by atoms with Crippen LogP contribution in [0.1, 0.15) is 18.9 Å². The summed E-state index contributed by atoms with van der Waals surface area (Å²) in [6.45, 7) is 1.61. The maximum Gasteiger partial charge on any atom is 0.135 e. The highest BCUT2D eigenvalue weighted by molar-refractivity contribution is 5.74. The molecule has 0 aliphatic heterocycles. The molecule has 0 radical (unpaired) electrons. The fraction of sp³-hybridized carbons (Fsp3) is 0.222. The maximum absolute atomic E-state index is 12.7. The predicted octanol–water partition coefficient (Wildman–Crippen LogP) is 1.76. The van der Waals surface area contributed by atoms with Crippen molar-refractivity contribution in [2.75, 3.05) is 0 Å². The summed E-state index contributed by atoms with van der Waals surface area (Å²) in [5, 5.41) is 9.21. The van der Waals surface area contributed by atoms with E-state index in [4.69, 9.17) is 0 Å². The number of benzene rings is 1. The van der Waals surface area contributed by atoms with Gasteiger partial charge in [0.05, 0.1) is 11.0 Å². The topological polar surface area (TPSA) is 48.9 Å². The standard InChI is InChI=1S/C9H9FN2O/c1-5(13)9-11-7-3-2-6(10)4-8(7)12-9/h2-5,13H,1H3,(H,11,12)/t5-/m1/s1. The zero-order chi connectivity index (χ0) is 9.42. The average Bonchev–Trinajstić information content (AvgIpc) is 2.46. The van der Waals surface area contributed by atoms with Crippen molar-refractivity contribution in [1.82, 2.24) is 9.97 Å². The Hall–Kier alpha value is -1.42. The van der Waals surface area contributed by atoms with Crippen molar-refractivity contribution >= 4 is 11.0 Å². The van der Waals surface area contributed by atoms with Crippen LogP contribution in [0.2, 0.25) is 0 Å². The number of aliphatic hydroxyl groups excluding tert-OH is 1. The number of halogens is 1. The number of aromatic nitrogens is 2. The largest absolute Gasteiger partial charge is 0.385 e. The minimum Gasteiger partial charge on any atom is -0.385 e. The minimum absolute atomic E-state index is 0.312. The fourth-order valence-electron chi connectivity index (χ4n) is 1.20. The van der Waals surface area contributed by atoms with Crippen LogP contribution in [0.15, 0.2) is 18.2 Å². The van der Waals surface area contributed by atoms with Gasteiger partial charge in [0.15, 0.2) is 0 Å². The van der Waals surface area contributed by atoms with Crippen LogP contribution < -0.4 is 0 Å². The highest BCUT2D eigenvalue weighted by Gasteiger charge is 2.07. The van der Waals surface area contributed by atoms with Crippen molar-refractivity contribution in [2.45, 2.75) is 13.0 Å². The summed E-state index contributed by atoms with van der Waals surface area (Å²) < 4.78 is 12.7. The number of nitrogens with one attached hydrogen (secondary N) is 1. The molecule has 0 saturated heterocycles. The van der Waals surface area contributed by atoms with Crippen LogP contribution in [0, 0.1) is 5.82 Å². The van der Waals surface area contributed by atoms with Crippen LogP contribution in [-0.2, 0) is 0 Å². The van der Waals surface area contributed by atoms with Gasteiger partial charge < -0.3 is 10.1 Å². The van der Waals surface area contributed by atoms with Gasteiger partial charge in [0.25, 0.3) is 0 Å². The molecule has 13 heavy (non-hydrogen) atoms. The zero-order valence-corrected chi connectivity index (χ0v) is 7.08. The summed E-state index contributed by atoms with van der Waals surface area (Å²) in [6.07, 6.45) is -0.657. The monoisotopic (exact) mass is 180 g/mol. The number of hydrogen-bond donors (Lipinski definition) is 2. The first-order valence-electron chi connectivity index (χ1n) is 4.00.